The molecule has 108 valence electrons. The number of likely N-dealkylation sites (N-methyl/N-ethyl adjacent to an activating group) is 2. The normalized spacial score (nSPS) is 22.4. The summed E-state index contributed by atoms with van der Waals surface area (Å²) in [6.07, 6.45) is 1.80. The third-order valence-electron chi connectivity index (χ3n) is 3.72. The van der Waals surface area contributed by atoms with Crippen LogP contribution < -0.4 is 10.1 Å². The average molecular weight is 284 g/mol. The van der Waals surface area contributed by atoms with Gasteiger partial charge in [-0.2, -0.15) is 16.9 Å². The Morgan fingerprint density at radius 3 is 3.00 bits per heavy atom. The van der Waals surface area contributed by atoms with Crippen molar-refractivity contribution in [3.8, 4) is 5.75 Å². The highest BCUT2D eigenvalue weighted by Gasteiger charge is 2.32. The summed E-state index contributed by atoms with van der Waals surface area (Å²) in [5, 5.41) is 7.94. The van der Waals surface area contributed by atoms with Gasteiger partial charge in [0.25, 0.3) is 0 Å². The first kappa shape index (κ1) is 14.7. The van der Waals surface area contributed by atoms with Gasteiger partial charge in [0.2, 0.25) is 0 Å². The van der Waals surface area contributed by atoms with Gasteiger partial charge in [-0.25, -0.2) is 0 Å². The number of aryl methyl sites for hydroxylation is 1. The van der Waals surface area contributed by atoms with Gasteiger partial charge in [0.05, 0.1) is 25.0 Å². The van der Waals surface area contributed by atoms with E-state index >= 15 is 0 Å². The molecule has 1 aliphatic heterocycles. The molecule has 6 heteroatoms. The zero-order chi connectivity index (χ0) is 13.8. The molecule has 1 aromatic rings. The van der Waals surface area contributed by atoms with Crippen LogP contribution in [0.5, 0.6) is 5.75 Å². The molecule has 0 amide bonds. The van der Waals surface area contributed by atoms with Crippen molar-refractivity contribution in [1.29, 1.82) is 0 Å². The first-order chi connectivity index (χ1) is 9.19. The zero-order valence-electron chi connectivity index (χ0n) is 12.2. The van der Waals surface area contributed by atoms with Gasteiger partial charge in [-0.05, 0) is 13.6 Å². The highest BCUT2D eigenvalue weighted by molar-refractivity contribution is 7.99. The average Bonchev–Trinajstić information content (AvgIpc) is 2.78. The summed E-state index contributed by atoms with van der Waals surface area (Å²) in [6, 6.07) is 0.730. The number of nitrogens with one attached hydrogen (secondary N) is 1. The number of thioether (sulfide) groups is 1. The van der Waals surface area contributed by atoms with E-state index in [0.717, 1.165) is 30.3 Å². The molecule has 2 atom stereocenters. The number of hydrogen-bond donors (Lipinski definition) is 1. The van der Waals surface area contributed by atoms with Crippen LogP contribution in [0.4, 0.5) is 0 Å². The lowest BCUT2D eigenvalue weighted by Crippen LogP contribution is -2.48. The maximum Gasteiger partial charge on any atom is 0.161 e. The molecule has 2 unspecified atom stereocenters. The third-order valence-corrected chi connectivity index (χ3v) is 4.76. The molecule has 0 aromatic carbocycles. The quantitative estimate of drug-likeness (QED) is 0.878. The van der Waals surface area contributed by atoms with E-state index in [1.54, 1.807) is 13.3 Å². The van der Waals surface area contributed by atoms with Crippen LogP contribution in [0.2, 0.25) is 0 Å². The van der Waals surface area contributed by atoms with E-state index < -0.39 is 0 Å². The van der Waals surface area contributed by atoms with Gasteiger partial charge in [-0.3, -0.25) is 9.58 Å². The van der Waals surface area contributed by atoms with Crippen LogP contribution in [0, 0.1) is 0 Å². The van der Waals surface area contributed by atoms with E-state index in [2.05, 4.69) is 29.3 Å². The van der Waals surface area contributed by atoms with Crippen LogP contribution in [0.15, 0.2) is 6.20 Å². The Labute approximate surface area is 119 Å². The third kappa shape index (κ3) is 3.07. The SMILES string of the molecule is CCNC(c1c(OC)cnn1C)C1CSCCN1C. The summed E-state index contributed by atoms with van der Waals surface area (Å²) in [5.41, 5.74) is 1.14. The van der Waals surface area contributed by atoms with Gasteiger partial charge in [0.1, 0.15) is 0 Å². The summed E-state index contributed by atoms with van der Waals surface area (Å²) in [4.78, 5) is 2.44. The topological polar surface area (TPSA) is 42.3 Å². The van der Waals surface area contributed by atoms with Crippen LogP contribution in [0.1, 0.15) is 18.7 Å². The monoisotopic (exact) mass is 284 g/mol. The first-order valence-corrected chi connectivity index (χ1v) is 7.91. The van der Waals surface area contributed by atoms with Gasteiger partial charge in [-0.15, -0.1) is 0 Å². The van der Waals surface area contributed by atoms with Crippen LogP contribution in [-0.4, -0.2) is 59.5 Å². The summed E-state index contributed by atoms with van der Waals surface area (Å²) in [7, 11) is 5.90. The van der Waals surface area contributed by atoms with Gasteiger partial charge >= 0.3 is 0 Å². The van der Waals surface area contributed by atoms with Crippen LogP contribution in [0.25, 0.3) is 0 Å². The number of rotatable bonds is 5. The number of methoxy groups -OCH3 is 1. The van der Waals surface area contributed by atoms with E-state index in [4.69, 9.17) is 4.74 Å². The van der Waals surface area contributed by atoms with Crippen LogP contribution >= 0.6 is 11.8 Å². The van der Waals surface area contributed by atoms with Crippen molar-refractivity contribution in [2.24, 2.45) is 7.05 Å². The number of hydrogen-bond acceptors (Lipinski definition) is 5. The van der Waals surface area contributed by atoms with Crippen molar-refractivity contribution < 1.29 is 4.74 Å². The highest BCUT2D eigenvalue weighted by atomic mass is 32.2. The Bertz CT molecular complexity index is 409. The number of ether oxygens (including phenoxy) is 1. The molecule has 2 heterocycles. The Hall–Kier alpha value is -0.720. The lowest BCUT2D eigenvalue weighted by molar-refractivity contribution is 0.209. The largest absolute Gasteiger partial charge is 0.493 e. The van der Waals surface area contributed by atoms with E-state index in [9.17, 15) is 0 Å². The van der Waals surface area contributed by atoms with E-state index in [1.807, 2.05) is 23.5 Å². The summed E-state index contributed by atoms with van der Waals surface area (Å²) in [6.45, 7) is 4.22. The zero-order valence-corrected chi connectivity index (χ0v) is 13.0. The fourth-order valence-corrected chi connectivity index (χ4v) is 3.90. The van der Waals surface area contributed by atoms with Crippen LogP contribution in [0.3, 0.4) is 0 Å². The van der Waals surface area contributed by atoms with Gasteiger partial charge in [0, 0.05) is 31.1 Å². The van der Waals surface area contributed by atoms with E-state index in [-0.39, 0.29) is 6.04 Å². The fourth-order valence-electron chi connectivity index (χ4n) is 2.63. The van der Waals surface area contributed by atoms with Crippen LogP contribution in [-0.2, 0) is 7.05 Å². The van der Waals surface area contributed by atoms with Crippen molar-refractivity contribution in [3.63, 3.8) is 0 Å². The van der Waals surface area contributed by atoms with Crippen molar-refractivity contribution in [2.75, 3.05) is 38.8 Å². The lowest BCUT2D eigenvalue weighted by Gasteiger charge is -2.38. The number of nitrogens with zero attached hydrogens (tertiary/aromatic N) is 3. The Balaban J connectivity index is 2.30. The predicted molar refractivity (Wildman–Crippen MR) is 79.9 cm³/mol. The van der Waals surface area contributed by atoms with Crippen molar-refractivity contribution in [2.45, 2.75) is 19.0 Å². The summed E-state index contributed by atoms with van der Waals surface area (Å²) >= 11 is 2.03. The maximum atomic E-state index is 5.47. The molecule has 1 fully saturated rings. The second kappa shape index (κ2) is 6.63. The molecular weight excluding hydrogens is 260 g/mol. The smallest absolute Gasteiger partial charge is 0.161 e. The van der Waals surface area contributed by atoms with Gasteiger partial charge in [-0.1, -0.05) is 6.92 Å². The second-order valence-corrected chi connectivity index (χ2v) is 6.03. The van der Waals surface area contributed by atoms with E-state index in [0.29, 0.717) is 6.04 Å². The van der Waals surface area contributed by atoms with Gasteiger partial charge in [0.15, 0.2) is 5.75 Å². The molecule has 1 saturated heterocycles. The molecule has 0 radical (unpaired) electrons. The molecule has 1 N–H and O–H groups in total. The minimum Gasteiger partial charge on any atom is -0.493 e. The summed E-state index contributed by atoms with van der Waals surface area (Å²) < 4.78 is 7.40. The minimum absolute atomic E-state index is 0.255. The maximum absolute atomic E-state index is 5.47. The molecule has 2 rings (SSSR count). The molecule has 1 aliphatic rings. The lowest BCUT2D eigenvalue weighted by atomic mass is 10.0. The Morgan fingerprint density at radius 2 is 2.37 bits per heavy atom. The standard InChI is InChI=1S/C13H24N4OS/c1-5-14-12(10-9-19-7-6-16(10)2)13-11(18-4)8-15-17(13)3/h8,10,12,14H,5-7,9H2,1-4H3. The molecule has 19 heavy (non-hydrogen) atoms. The Morgan fingerprint density at radius 1 is 1.58 bits per heavy atom. The summed E-state index contributed by atoms with van der Waals surface area (Å²) in [5.74, 6) is 3.23. The predicted octanol–water partition coefficient (Wildman–Crippen LogP) is 1.13. The van der Waals surface area contributed by atoms with Gasteiger partial charge < -0.3 is 10.1 Å². The molecule has 0 saturated carbocycles. The number of aromatic nitrogens is 2. The molecular formula is C13H24N4OS. The second-order valence-electron chi connectivity index (χ2n) is 4.88. The van der Waals surface area contributed by atoms with E-state index in [1.165, 1.54) is 5.75 Å². The minimum atomic E-state index is 0.255. The molecule has 0 bridgehead atoms. The van der Waals surface area contributed by atoms with Crippen molar-refractivity contribution in [3.05, 3.63) is 11.9 Å². The highest BCUT2D eigenvalue weighted by Crippen LogP contribution is 2.31. The van der Waals surface area contributed by atoms with Crippen molar-refractivity contribution >= 4 is 11.8 Å². The first-order valence-electron chi connectivity index (χ1n) is 6.76. The molecule has 0 aliphatic carbocycles. The molecule has 0 spiro atoms. The van der Waals surface area contributed by atoms with Crippen molar-refractivity contribution in [1.82, 2.24) is 20.0 Å². The Kier molecular flexibility index (Phi) is 5.13. The fraction of sp³-hybridized carbons (Fsp3) is 0.769. The molecule has 1 aromatic heterocycles. The molecule has 5 nitrogen and oxygen atoms in total.